The van der Waals surface area contributed by atoms with Crippen molar-refractivity contribution in [3.63, 3.8) is 0 Å². The first kappa shape index (κ1) is 15.8. The van der Waals surface area contributed by atoms with E-state index in [-0.39, 0.29) is 11.3 Å². The van der Waals surface area contributed by atoms with Crippen LogP contribution in [0.3, 0.4) is 0 Å². The number of nitrogens with two attached hydrogens (primary N) is 1. The average Bonchev–Trinajstić information content (AvgIpc) is 2.70. The Morgan fingerprint density at radius 1 is 1.22 bits per heavy atom. The van der Waals surface area contributed by atoms with Gasteiger partial charge in [0.1, 0.15) is 5.82 Å². The first-order chi connectivity index (χ1) is 11.0. The van der Waals surface area contributed by atoms with Crippen LogP contribution in [0.25, 0.3) is 0 Å². The second-order valence-corrected chi connectivity index (χ2v) is 6.82. The van der Waals surface area contributed by atoms with Crippen molar-refractivity contribution in [2.75, 3.05) is 31.6 Å². The molecule has 2 amide bonds. The number of carbonyl (C=O) groups excluding carboxylic acids is 2. The number of nitrogens with zero attached hydrogens (tertiary/aromatic N) is 3. The van der Waals surface area contributed by atoms with Crippen molar-refractivity contribution in [1.82, 2.24) is 9.88 Å². The minimum absolute atomic E-state index is 0.264. The van der Waals surface area contributed by atoms with Gasteiger partial charge >= 0.3 is 0 Å². The summed E-state index contributed by atoms with van der Waals surface area (Å²) in [6.45, 7) is 2.68. The summed E-state index contributed by atoms with van der Waals surface area (Å²) in [7, 11) is 1.90. The zero-order valence-corrected chi connectivity index (χ0v) is 13.6. The van der Waals surface area contributed by atoms with Crippen LogP contribution in [0.2, 0.25) is 0 Å². The van der Waals surface area contributed by atoms with E-state index in [1.165, 1.54) is 0 Å². The summed E-state index contributed by atoms with van der Waals surface area (Å²) in [4.78, 5) is 31.7. The molecule has 2 aliphatic rings. The van der Waals surface area contributed by atoms with Crippen LogP contribution in [0.4, 0.5) is 5.82 Å². The molecule has 23 heavy (non-hydrogen) atoms. The fourth-order valence-corrected chi connectivity index (χ4v) is 3.67. The zero-order chi connectivity index (χ0) is 16.4. The van der Waals surface area contributed by atoms with E-state index in [1.807, 2.05) is 11.9 Å². The predicted molar refractivity (Wildman–Crippen MR) is 88.1 cm³/mol. The van der Waals surface area contributed by atoms with Gasteiger partial charge in [-0.15, -0.1) is 0 Å². The normalized spacial score (nSPS) is 21.3. The van der Waals surface area contributed by atoms with Gasteiger partial charge in [0.2, 0.25) is 11.8 Å². The van der Waals surface area contributed by atoms with Gasteiger partial charge in [-0.1, -0.05) is 0 Å². The van der Waals surface area contributed by atoms with Crippen molar-refractivity contribution in [2.24, 2.45) is 11.1 Å². The molecule has 0 radical (unpaired) electrons. The van der Waals surface area contributed by atoms with Crippen LogP contribution < -0.4 is 10.6 Å². The summed E-state index contributed by atoms with van der Waals surface area (Å²) >= 11 is 0. The molecule has 3 heterocycles. The van der Waals surface area contributed by atoms with Crippen LogP contribution in [0.1, 0.15) is 42.5 Å². The summed E-state index contributed by atoms with van der Waals surface area (Å²) in [6, 6.07) is 3.41. The number of pyridine rings is 1. The molecule has 6 nitrogen and oxygen atoms in total. The van der Waals surface area contributed by atoms with Gasteiger partial charge in [-0.25, -0.2) is 4.98 Å². The van der Waals surface area contributed by atoms with Crippen molar-refractivity contribution in [1.29, 1.82) is 0 Å². The van der Waals surface area contributed by atoms with Gasteiger partial charge in [-0.3, -0.25) is 9.59 Å². The lowest BCUT2D eigenvalue weighted by Gasteiger charge is -2.42. The third-order valence-corrected chi connectivity index (χ3v) is 5.45. The van der Waals surface area contributed by atoms with Crippen molar-refractivity contribution in [3.05, 3.63) is 23.9 Å². The SMILES string of the molecule is CN1CCC2(CCC1=O)CCN(c1cc(C(N)=O)ccn1)CC2. The van der Waals surface area contributed by atoms with E-state index in [1.54, 1.807) is 18.3 Å². The van der Waals surface area contributed by atoms with Crippen LogP contribution in [-0.2, 0) is 4.79 Å². The van der Waals surface area contributed by atoms with E-state index in [2.05, 4.69) is 9.88 Å². The van der Waals surface area contributed by atoms with Crippen molar-refractivity contribution in [2.45, 2.75) is 32.1 Å². The van der Waals surface area contributed by atoms with Gasteiger partial charge in [-0.05, 0) is 43.2 Å². The Morgan fingerprint density at radius 2 is 1.91 bits per heavy atom. The predicted octanol–water partition coefficient (Wildman–Crippen LogP) is 1.41. The number of aromatic nitrogens is 1. The molecule has 2 saturated heterocycles. The Bertz CT molecular complexity index is 608. The van der Waals surface area contributed by atoms with Crippen molar-refractivity contribution in [3.8, 4) is 0 Å². The lowest BCUT2D eigenvalue weighted by atomic mass is 9.73. The maximum Gasteiger partial charge on any atom is 0.248 e. The molecule has 124 valence electrons. The van der Waals surface area contributed by atoms with Crippen LogP contribution in [-0.4, -0.2) is 48.4 Å². The Kier molecular flexibility index (Phi) is 4.24. The molecule has 2 N–H and O–H groups in total. The summed E-state index contributed by atoms with van der Waals surface area (Å²) in [5.41, 5.74) is 6.12. The number of anilines is 1. The highest BCUT2D eigenvalue weighted by molar-refractivity contribution is 5.93. The summed E-state index contributed by atoms with van der Waals surface area (Å²) < 4.78 is 0. The molecular formula is C17H24N4O2. The van der Waals surface area contributed by atoms with Gasteiger partial charge in [0.25, 0.3) is 0 Å². The first-order valence-electron chi connectivity index (χ1n) is 8.24. The molecule has 1 aromatic rings. The van der Waals surface area contributed by atoms with Gasteiger partial charge < -0.3 is 15.5 Å². The number of piperidine rings is 1. The number of carbonyl (C=O) groups is 2. The summed E-state index contributed by atoms with van der Waals surface area (Å²) in [6.07, 6.45) is 6.49. The first-order valence-corrected chi connectivity index (χ1v) is 8.24. The van der Waals surface area contributed by atoms with E-state index in [0.29, 0.717) is 12.0 Å². The molecular weight excluding hydrogens is 292 g/mol. The Morgan fingerprint density at radius 3 is 2.61 bits per heavy atom. The highest BCUT2D eigenvalue weighted by atomic mass is 16.2. The van der Waals surface area contributed by atoms with E-state index >= 15 is 0 Å². The standard InChI is InChI=1S/C17H24N4O2/c1-20-9-5-17(4-2-15(20)22)6-10-21(11-7-17)14-12-13(16(18)23)3-8-19-14/h3,8,12H,2,4-7,9-11H2,1H3,(H2,18,23). The van der Waals surface area contributed by atoms with Crippen molar-refractivity contribution >= 4 is 17.6 Å². The van der Waals surface area contributed by atoms with Crippen molar-refractivity contribution < 1.29 is 9.59 Å². The molecule has 0 aromatic carbocycles. The number of rotatable bonds is 2. The number of likely N-dealkylation sites (tertiary alicyclic amines) is 1. The molecule has 0 unspecified atom stereocenters. The van der Waals surface area contributed by atoms with Crippen LogP contribution in [0, 0.1) is 5.41 Å². The Labute approximate surface area is 136 Å². The molecule has 6 heteroatoms. The van der Waals surface area contributed by atoms with Gasteiger partial charge in [0.15, 0.2) is 0 Å². The van der Waals surface area contributed by atoms with Crippen LogP contribution >= 0.6 is 0 Å². The lowest BCUT2D eigenvalue weighted by Crippen LogP contribution is -2.41. The fraction of sp³-hybridized carbons (Fsp3) is 0.588. The number of primary amides is 1. The Hall–Kier alpha value is -2.11. The monoisotopic (exact) mass is 316 g/mol. The second-order valence-electron chi connectivity index (χ2n) is 6.82. The highest BCUT2D eigenvalue weighted by Crippen LogP contribution is 2.41. The molecule has 0 bridgehead atoms. The number of hydrogen-bond donors (Lipinski definition) is 1. The van der Waals surface area contributed by atoms with Crippen LogP contribution in [0.15, 0.2) is 18.3 Å². The third-order valence-electron chi connectivity index (χ3n) is 5.45. The molecule has 0 aliphatic carbocycles. The molecule has 3 rings (SSSR count). The maximum absolute atomic E-state index is 11.9. The minimum atomic E-state index is -0.424. The quantitative estimate of drug-likeness (QED) is 0.894. The molecule has 2 fully saturated rings. The third kappa shape index (κ3) is 3.30. The van der Waals surface area contributed by atoms with Crippen LogP contribution in [0.5, 0.6) is 0 Å². The van der Waals surface area contributed by atoms with Gasteiger partial charge in [-0.2, -0.15) is 0 Å². The maximum atomic E-state index is 11.9. The van der Waals surface area contributed by atoms with Gasteiger partial charge in [0.05, 0.1) is 0 Å². The van der Waals surface area contributed by atoms with E-state index in [4.69, 9.17) is 5.73 Å². The molecule has 1 aromatic heterocycles. The summed E-state index contributed by atoms with van der Waals surface area (Å²) in [5.74, 6) is 0.658. The van der Waals surface area contributed by atoms with Gasteiger partial charge in [0, 0.05) is 44.9 Å². The minimum Gasteiger partial charge on any atom is -0.366 e. The molecule has 1 spiro atoms. The lowest BCUT2D eigenvalue weighted by molar-refractivity contribution is -0.129. The smallest absolute Gasteiger partial charge is 0.248 e. The number of hydrogen-bond acceptors (Lipinski definition) is 4. The largest absolute Gasteiger partial charge is 0.366 e. The Balaban J connectivity index is 1.67. The zero-order valence-electron chi connectivity index (χ0n) is 13.6. The van der Waals surface area contributed by atoms with E-state index in [0.717, 1.165) is 51.1 Å². The number of amides is 2. The molecule has 0 atom stereocenters. The highest BCUT2D eigenvalue weighted by Gasteiger charge is 2.37. The molecule has 0 saturated carbocycles. The van der Waals surface area contributed by atoms with E-state index in [9.17, 15) is 9.59 Å². The fourth-order valence-electron chi connectivity index (χ4n) is 3.67. The topological polar surface area (TPSA) is 79.5 Å². The van der Waals surface area contributed by atoms with E-state index < -0.39 is 5.91 Å². The molecule has 2 aliphatic heterocycles. The average molecular weight is 316 g/mol. The second kappa shape index (κ2) is 6.18. The summed E-state index contributed by atoms with van der Waals surface area (Å²) in [5, 5.41) is 0.